The number of nitrogens with one attached hydrogen (secondary N) is 2. The number of rotatable bonds is 5. The van der Waals surface area contributed by atoms with Gasteiger partial charge in [-0.2, -0.15) is 0 Å². The highest BCUT2D eigenvalue weighted by atomic mass is 32.2. The standard InChI is InChI=1S/C18H18N2O5S/c1-11-17(18(21)25-3)15-10-12(4-9-16(15)19-11)20-26(22,23)14-7-5-13(24-2)6-8-14/h4-10,19-20H,1-3H3. The number of carbonyl (C=O) groups is 1. The number of ether oxygens (including phenoxy) is 2. The Kier molecular flexibility index (Phi) is 4.60. The maximum atomic E-state index is 12.6. The average molecular weight is 374 g/mol. The van der Waals surface area contributed by atoms with Crippen LogP contribution < -0.4 is 9.46 Å². The topological polar surface area (TPSA) is 97.5 Å². The fourth-order valence-electron chi connectivity index (χ4n) is 2.72. The number of sulfonamides is 1. The van der Waals surface area contributed by atoms with Gasteiger partial charge in [-0.25, -0.2) is 13.2 Å². The van der Waals surface area contributed by atoms with Gasteiger partial charge >= 0.3 is 5.97 Å². The van der Waals surface area contributed by atoms with Gasteiger partial charge in [0.1, 0.15) is 5.75 Å². The van der Waals surface area contributed by atoms with Gasteiger partial charge in [-0.1, -0.05) is 0 Å². The zero-order valence-corrected chi connectivity index (χ0v) is 15.3. The summed E-state index contributed by atoms with van der Waals surface area (Å²) in [5, 5.41) is 0.587. The van der Waals surface area contributed by atoms with Crippen LogP contribution in [0, 0.1) is 6.92 Å². The Hall–Kier alpha value is -3.00. The minimum absolute atomic E-state index is 0.108. The lowest BCUT2D eigenvalue weighted by Gasteiger charge is -2.09. The molecule has 3 aromatic rings. The van der Waals surface area contributed by atoms with Crippen molar-refractivity contribution < 1.29 is 22.7 Å². The molecule has 0 bridgehead atoms. The first kappa shape index (κ1) is 17.8. The second kappa shape index (κ2) is 6.72. The molecule has 0 aliphatic carbocycles. The van der Waals surface area contributed by atoms with Gasteiger partial charge in [0.2, 0.25) is 0 Å². The lowest BCUT2D eigenvalue weighted by Crippen LogP contribution is -2.12. The number of esters is 1. The SMILES string of the molecule is COC(=O)c1c(C)[nH]c2ccc(NS(=O)(=O)c3ccc(OC)cc3)cc12. The fraction of sp³-hybridized carbons (Fsp3) is 0.167. The van der Waals surface area contributed by atoms with E-state index < -0.39 is 16.0 Å². The Labute approximate surface area is 151 Å². The predicted molar refractivity (Wildman–Crippen MR) is 98.2 cm³/mol. The van der Waals surface area contributed by atoms with E-state index >= 15 is 0 Å². The number of methoxy groups -OCH3 is 2. The Morgan fingerprint density at radius 1 is 1.08 bits per heavy atom. The number of aromatic nitrogens is 1. The van der Waals surface area contributed by atoms with E-state index in [0.717, 1.165) is 5.52 Å². The molecule has 1 aromatic heterocycles. The van der Waals surface area contributed by atoms with Crippen LogP contribution in [0.2, 0.25) is 0 Å². The van der Waals surface area contributed by atoms with Crippen molar-refractivity contribution in [3.8, 4) is 5.75 Å². The molecule has 2 N–H and O–H groups in total. The number of benzene rings is 2. The van der Waals surface area contributed by atoms with Crippen LogP contribution in [-0.4, -0.2) is 33.6 Å². The first-order valence-electron chi connectivity index (χ1n) is 7.73. The van der Waals surface area contributed by atoms with Crippen molar-refractivity contribution in [1.82, 2.24) is 4.98 Å². The summed E-state index contributed by atoms with van der Waals surface area (Å²) in [6, 6.07) is 11.0. The Bertz CT molecular complexity index is 1070. The molecule has 0 aliphatic heterocycles. The highest BCUT2D eigenvalue weighted by Crippen LogP contribution is 2.27. The van der Waals surface area contributed by atoms with Crippen LogP contribution in [0.4, 0.5) is 5.69 Å². The van der Waals surface area contributed by atoms with Gasteiger partial charge in [0.15, 0.2) is 0 Å². The van der Waals surface area contributed by atoms with Crippen molar-refractivity contribution >= 4 is 32.6 Å². The number of aromatic amines is 1. The third kappa shape index (κ3) is 3.23. The fourth-order valence-corrected chi connectivity index (χ4v) is 3.77. The molecule has 0 spiro atoms. The number of aryl methyl sites for hydroxylation is 1. The summed E-state index contributed by atoms with van der Waals surface area (Å²) >= 11 is 0. The second-order valence-corrected chi connectivity index (χ2v) is 7.34. The summed E-state index contributed by atoms with van der Waals surface area (Å²) in [7, 11) is -0.960. The summed E-state index contributed by atoms with van der Waals surface area (Å²) in [6.07, 6.45) is 0. The normalized spacial score (nSPS) is 11.3. The summed E-state index contributed by atoms with van der Waals surface area (Å²) in [5.41, 5.74) is 2.10. The van der Waals surface area contributed by atoms with Crippen molar-refractivity contribution in [3.63, 3.8) is 0 Å². The van der Waals surface area contributed by atoms with Crippen LogP contribution in [-0.2, 0) is 14.8 Å². The maximum absolute atomic E-state index is 12.6. The van der Waals surface area contributed by atoms with Crippen molar-refractivity contribution in [1.29, 1.82) is 0 Å². The molecule has 0 saturated carbocycles. The van der Waals surface area contributed by atoms with E-state index in [-0.39, 0.29) is 4.90 Å². The molecule has 7 nitrogen and oxygen atoms in total. The van der Waals surface area contributed by atoms with E-state index in [0.29, 0.717) is 28.1 Å². The lowest BCUT2D eigenvalue weighted by atomic mass is 10.1. The molecule has 0 unspecified atom stereocenters. The summed E-state index contributed by atoms with van der Waals surface area (Å²) in [4.78, 5) is 15.2. The Morgan fingerprint density at radius 3 is 2.38 bits per heavy atom. The van der Waals surface area contributed by atoms with E-state index in [9.17, 15) is 13.2 Å². The molecule has 136 valence electrons. The molecular formula is C18H18N2O5S. The first-order valence-corrected chi connectivity index (χ1v) is 9.21. The van der Waals surface area contributed by atoms with E-state index in [2.05, 4.69) is 9.71 Å². The molecule has 0 fully saturated rings. The highest BCUT2D eigenvalue weighted by molar-refractivity contribution is 7.92. The summed E-state index contributed by atoms with van der Waals surface area (Å²) in [5.74, 6) is 0.0831. The third-order valence-electron chi connectivity index (χ3n) is 4.00. The van der Waals surface area contributed by atoms with Crippen LogP contribution in [0.1, 0.15) is 16.1 Å². The monoisotopic (exact) mass is 374 g/mol. The zero-order chi connectivity index (χ0) is 18.9. The van der Waals surface area contributed by atoms with Gasteiger partial charge in [-0.15, -0.1) is 0 Å². The van der Waals surface area contributed by atoms with Crippen LogP contribution in [0.5, 0.6) is 5.75 Å². The maximum Gasteiger partial charge on any atom is 0.340 e. The number of carbonyl (C=O) groups excluding carboxylic acids is 1. The predicted octanol–water partition coefficient (Wildman–Crippen LogP) is 3.07. The number of H-pyrrole nitrogens is 1. The van der Waals surface area contributed by atoms with E-state index in [1.807, 2.05) is 0 Å². The van der Waals surface area contributed by atoms with E-state index in [4.69, 9.17) is 9.47 Å². The molecule has 0 aliphatic rings. The zero-order valence-electron chi connectivity index (χ0n) is 14.5. The van der Waals surface area contributed by atoms with Crippen LogP contribution in [0.15, 0.2) is 47.4 Å². The van der Waals surface area contributed by atoms with Gasteiger partial charge in [0.25, 0.3) is 10.0 Å². The third-order valence-corrected chi connectivity index (χ3v) is 5.39. The van der Waals surface area contributed by atoms with Crippen LogP contribution in [0.25, 0.3) is 10.9 Å². The molecule has 0 saturated heterocycles. The molecule has 0 amide bonds. The quantitative estimate of drug-likeness (QED) is 0.669. The van der Waals surface area contributed by atoms with Crippen molar-refractivity contribution in [2.24, 2.45) is 0 Å². The summed E-state index contributed by atoms with van der Waals surface area (Å²) in [6.45, 7) is 1.76. The molecule has 26 heavy (non-hydrogen) atoms. The molecule has 2 aromatic carbocycles. The van der Waals surface area contributed by atoms with Gasteiger partial charge in [-0.3, -0.25) is 4.72 Å². The lowest BCUT2D eigenvalue weighted by molar-refractivity contribution is 0.0602. The van der Waals surface area contributed by atoms with Crippen molar-refractivity contribution in [2.45, 2.75) is 11.8 Å². The molecule has 0 radical (unpaired) electrons. The largest absolute Gasteiger partial charge is 0.497 e. The number of fused-ring (bicyclic) bond motifs is 1. The number of anilines is 1. The van der Waals surface area contributed by atoms with Gasteiger partial charge in [0.05, 0.1) is 24.7 Å². The smallest absolute Gasteiger partial charge is 0.340 e. The molecular weight excluding hydrogens is 356 g/mol. The van der Waals surface area contributed by atoms with Crippen LogP contribution in [0.3, 0.4) is 0 Å². The minimum atomic E-state index is -3.77. The van der Waals surface area contributed by atoms with E-state index in [1.54, 1.807) is 37.3 Å². The number of hydrogen-bond donors (Lipinski definition) is 2. The first-order chi connectivity index (χ1) is 12.4. The number of hydrogen-bond acceptors (Lipinski definition) is 5. The van der Waals surface area contributed by atoms with Crippen molar-refractivity contribution in [2.75, 3.05) is 18.9 Å². The minimum Gasteiger partial charge on any atom is -0.497 e. The van der Waals surface area contributed by atoms with E-state index in [1.165, 1.54) is 26.4 Å². The molecule has 1 heterocycles. The summed E-state index contributed by atoms with van der Waals surface area (Å²) < 4.78 is 37.5. The van der Waals surface area contributed by atoms with Gasteiger partial charge < -0.3 is 14.5 Å². The Morgan fingerprint density at radius 2 is 1.77 bits per heavy atom. The van der Waals surface area contributed by atoms with Gasteiger partial charge in [-0.05, 0) is 49.4 Å². The van der Waals surface area contributed by atoms with Gasteiger partial charge in [0, 0.05) is 22.3 Å². The molecule has 8 heteroatoms. The second-order valence-electron chi connectivity index (χ2n) is 5.66. The Balaban J connectivity index is 1.98. The highest BCUT2D eigenvalue weighted by Gasteiger charge is 2.19. The molecule has 0 atom stereocenters. The molecule has 3 rings (SSSR count). The average Bonchev–Trinajstić information content (AvgIpc) is 2.96. The van der Waals surface area contributed by atoms with Crippen LogP contribution >= 0.6 is 0 Å². The van der Waals surface area contributed by atoms with Crippen molar-refractivity contribution in [3.05, 3.63) is 53.7 Å².